The number of halogens is 2. The summed E-state index contributed by atoms with van der Waals surface area (Å²) in [5.74, 6) is 0.785. The molecular formula is C37H37Br2N7O2. The number of amides is 4. The highest BCUT2D eigenvalue weighted by atomic mass is 79.9. The molecule has 11 heteroatoms. The van der Waals surface area contributed by atoms with Crippen molar-refractivity contribution in [3.63, 3.8) is 0 Å². The molecule has 1 aromatic heterocycles. The summed E-state index contributed by atoms with van der Waals surface area (Å²) < 4.78 is 3.79. The van der Waals surface area contributed by atoms with Crippen molar-refractivity contribution in [3.8, 4) is 0 Å². The summed E-state index contributed by atoms with van der Waals surface area (Å²) in [5.41, 5.74) is 12.9. The quantitative estimate of drug-likeness (QED) is 0.147. The molecule has 1 saturated heterocycles. The van der Waals surface area contributed by atoms with Gasteiger partial charge >= 0.3 is 12.1 Å². The predicted octanol–water partition coefficient (Wildman–Crippen LogP) is 7.74. The van der Waals surface area contributed by atoms with E-state index in [0.29, 0.717) is 51.1 Å². The number of nitrogens with two attached hydrogens (primary N) is 1. The molecular weight excluding hydrogens is 734 g/mol. The van der Waals surface area contributed by atoms with E-state index < -0.39 is 6.04 Å². The fourth-order valence-corrected chi connectivity index (χ4v) is 8.13. The fourth-order valence-electron chi connectivity index (χ4n) is 6.85. The number of anilines is 2. The molecule has 5 aromatic rings. The summed E-state index contributed by atoms with van der Waals surface area (Å²) in [6, 6.07) is 29.8. The van der Waals surface area contributed by atoms with Crippen molar-refractivity contribution in [2.24, 2.45) is 0 Å². The second-order valence-electron chi connectivity index (χ2n) is 12.5. The number of rotatable bonds is 7. The number of fused-ring (bicyclic) bond motifs is 2. The van der Waals surface area contributed by atoms with Gasteiger partial charge in [0, 0.05) is 53.3 Å². The van der Waals surface area contributed by atoms with E-state index in [2.05, 4.69) is 71.3 Å². The van der Waals surface area contributed by atoms with Crippen LogP contribution >= 0.6 is 31.9 Å². The van der Waals surface area contributed by atoms with Crippen LogP contribution in [0, 0.1) is 0 Å². The monoisotopic (exact) mass is 769 g/mol. The van der Waals surface area contributed by atoms with Crippen molar-refractivity contribution >= 4 is 66.3 Å². The van der Waals surface area contributed by atoms with Gasteiger partial charge in [0.05, 0.1) is 22.8 Å². The standard InChI is InChI=1S/C37H37Br2N7O2/c38-28-20-25(21-29(39)34(28)40)22-32(35-41-31-12-6-7-13-33(31)46(35)23-24-8-2-1-3-9-24)43-36(47)44-17-15-27(16-18-44)45-19-14-26-10-4-5-11-30(26)42-37(45)48/h1-13,20-21,27,32H,14-19,22-23,40H2,(H,42,48)(H,43,47)/t32-/m1/s1. The number of nitrogen functional groups attached to an aromatic ring is 1. The first-order valence-corrected chi connectivity index (χ1v) is 17.9. The number of para-hydroxylation sites is 3. The number of carbonyl (C=O) groups is 2. The summed E-state index contributed by atoms with van der Waals surface area (Å²) in [6.45, 7) is 2.39. The number of carbonyl (C=O) groups excluding carboxylic acids is 2. The number of piperidine rings is 1. The Morgan fingerprint density at radius 3 is 2.38 bits per heavy atom. The van der Waals surface area contributed by atoms with Gasteiger partial charge in [0.2, 0.25) is 0 Å². The van der Waals surface area contributed by atoms with Crippen molar-refractivity contribution in [2.75, 3.05) is 30.7 Å². The fraction of sp³-hybridized carbons (Fsp3) is 0.270. The van der Waals surface area contributed by atoms with Crippen LogP contribution in [0.4, 0.5) is 21.0 Å². The Kier molecular flexibility index (Phi) is 9.41. The molecule has 4 amide bonds. The van der Waals surface area contributed by atoms with E-state index in [9.17, 15) is 9.59 Å². The Morgan fingerprint density at radius 1 is 0.917 bits per heavy atom. The minimum Gasteiger partial charge on any atom is -0.397 e. The maximum atomic E-state index is 14.0. The molecule has 0 aliphatic carbocycles. The lowest BCUT2D eigenvalue weighted by Gasteiger charge is -2.38. The van der Waals surface area contributed by atoms with E-state index in [-0.39, 0.29) is 18.1 Å². The van der Waals surface area contributed by atoms with E-state index >= 15 is 0 Å². The zero-order chi connectivity index (χ0) is 33.2. The molecule has 0 bridgehead atoms. The molecule has 246 valence electrons. The van der Waals surface area contributed by atoms with Crippen LogP contribution in [0.1, 0.15) is 41.4 Å². The summed E-state index contributed by atoms with van der Waals surface area (Å²) in [4.78, 5) is 36.1. The topological polar surface area (TPSA) is 109 Å². The van der Waals surface area contributed by atoms with Gasteiger partial charge in [-0.05, 0) is 98.1 Å². The third-order valence-electron chi connectivity index (χ3n) is 9.39. The highest BCUT2D eigenvalue weighted by Crippen LogP contribution is 2.33. The van der Waals surface area contributed by atoms with Gasteiger partial charge in [-0.3, -0.25) is 0 Å². The SMILES string of the molecule is Nc1c(Br)cc(C[C@@H](NC(=O)N2CCC(N3CCc4ccccc4NC3=O)CC2)c2nc3ccccc3n2Cc2ccccc2)cc1Br. The number of nitrogens with zero attached hydrogens (tertiary/aromatic N) is 4. The number of hydrogen-bond acceptors (Lipinski definition) is 4. The second kappa shape index (κ2) is 14.0. The van der Waals surface area contributed by atoms with Crippen LogP contribution in [0.15, 0.2) is 99.9 Å². The van der Waals surface area contributed by atoms with Gasteiger partial charge in [-0.1, -0.05) is 60.7 Å². The highest BCUT2D eigenvalue weighted by Gasteiger charge is 2.33. The van der Waals surface area contributed by atoms with Crippen molar-refractivity contribution in [1.82, 2.24) is 24.7 Å². The molecule has 2 aliphatic heterocycles. The van der Waals surface area contributed by atoms with Crippen molar-refractivity contribution in [2.45, 2.75) is 44.3 Å². The molecule has 0 radical (unpaired) electrons. The maximum Gasteiger partial charge on any atom is 0.322 e. The first-order chi connectivity index (χ1) is 23.3. The van der Waals surface area contributed by atoms with Crippen LogP contribution in [0.3, 0.4) is 0 Å². The Morgan fingerprint density at radius 2 is 1.60 bits per heavy atom. The van der Waals surface area contributed by atoms with Crippen molar-refractivity contribution < 1.29 is 9.59 Å². The normalized spacial score (nSPS) is 15.9. The molecule has 1 fully saturated rings. The third-order valence-corrected chi connectivity index (χ3v) is 10.7. The van der Waals surface area contributed by atoms with Crippen LogP contribution in [0.5, 0.6) is 0 Å². The molecule has 0 unspecified atom stereocenters. The van der Waals surface area contributed by atoms with Gasteiger partial charge in [0.25, 0.3) is 0 Å². The Bertz CT molecular complexity index is 1930. The minimum absolute atomic E-state index is 0.0682. The lowest BCUT2D eigenvalue weighted by molar-refractivity contribution is 0.133. The number of benzene rings is 4. The summed E-state index contributed by atoms with van der Waals surface area (Å²) in [5, 5.41) is 6.45. The van der Waals surface area contributed by atoms with Gasteiger partial charge in [0.15, 0.2) is 0 Å². The van der Waals surface area contributed by atoms with Crippen molar-refractivity contribution in [3.05, 3.63) is 122 Å². The zero-order valence-electron chi connectivity index (χ0n) is 26.4. The van der Waals surface area contributed by atoms with Gasteiger partial charge in [-0.15, -0.1) is 0 Å². The van der Waals surface area contributed by atoms with Crippen molar-refractivity contribution in [1.29, 1.82) is 0 Å². The molecule has 0 spiro atoms. The van der Waals surface area contributed by atoms with Crippen LogP contribution in [-0.2, 0) is 19.4 Å². The van der Waals surface area contributed by atoms with Gasteiger partial charge < -0.3 is 30.7 Å². The van der Waals surface area contributed by atoms with Gasteiger partial charge in [-0.25, -0.2) is 14.6 Å². The van der Waals surface area contributed by atoms with E-state index in [1.807, 2.05) is 76.5 Å². The molecule has 4 aromatic carbocycles. The number of imidazole rings is 1. The average molecular weight is 772 g/mol. The predicted molar refractivity (Wildman–Crippen MR) is 197 cm³/mol. The molecule has 0 saturated carbocycles. The number of likely N-dealkylation sites (tertiary alicyclic amines) is 1. The largest absolute Gasteiger partial charge is 0.397 e. The molecule has 4 N–H and O–H groups in total. The van der Waals surface area contributed by atoms with Crippen LogP contribution in [0.2, 0.25) is 0 Å². The molecule has 3 heterocycles. The maximum absolute atomic E-state index is 14.0. The van der Waals surface area contributed by atoms with Crippen LogP contribution in [0.25, 0.3) is 11.0 Å². The Labute approximate surface area is 296 Å². The summed E-state index contributed by atoms with van der Waals surface area (Å²) in [7, 11) is 0. The average Bonchev–Trinajstić information content (AvgIpc) is 3.36. The third kappa shape index (κ3) is 6.79. The zero-order valence-corrected chi connectivity index (χ0v) is 29.6. The molecule has 1 atom stereocenters. The summed E-state index contributed by atoms with van der Waals surface area (Å²) in [6.07, 6.45) is 2.74. The minimum atomic E-state index is -0.427. The Balaban J connectivity index is 1.13. The first-order valence-electron chi connectivity index (χ1n) is 16.3. The lowest BCUT2D eigenvalue weighted by Crippen LogP contribution is -2.52. The van der Waals surface area contributed by atoms with Crippen LogP contribution < -0.4 is 16.4 Å². The molecule has 48 heavy (non-hydrogen) atoms. The van der Waals surface area contributed by atoms with E-state index in [4.69, 9.17) is 10.7 Å². The first kappa shape index (κ1) is 32.2. The molecule has 9 nitrogen and oxygen atoms in total. The van der Waals surface area contributed by atoms with E-state index in [1.165, 1.54) is 0 Å². The lowest BCUT2D eigenvalue weighted by atomic mass is 10.0. The molecule has 7 rings (SSSR count). The highest BCUT2D eigenvalue weighted by molar-refractivity contribution is 9.11. The van der Waals surface area contributed by atoms with Crippen LogP contribution in [-0.4, -0.2) is 57.1 Å². The Hall–Kier alpha value is -4.35. The summed E-state index contributed by atoms with van der Waals surface area (Å²) >= 11 is 7.19. The number of hydrogen-bond donors (Lipinski definition) is 3. The number of urea groups is 2. The van der Waals surface area contributed by atoms with Gasteiger partial charge in [-0.2, -0.15) is 0 Å². The number of aromatic nitrogens is 2. The smallest absolute Gasteiger partial charge is 0.322 e. The van der Waals surface area contributed by atoms with Gasteiger partial charge in [0.1, 0.15) is 5.82 Å². The number of nitrogens with one attached hydrogen (secondary N) is 2. The van der Waals surface area contributed by atoms with E-state index in [1.54, 1.807) is 0 Å². The second-order valence-corrected chi connectivity index (χ2v) is 14.2. The van der Waals surface area contributed by atoms with E-state index in [0.717, 1.165) is 54.6 Å². The molecule has 2 aliphatic rings.